The van der Waals surface area contributed by atoms with Crippen molar-refractivity contribution in [1.82, 2.24) is 14.5 Å². The minimum Gasteiger partial charge on any atom is -0.326 e. The molecule has 6 nitrogen and oxygen atoms in total. The molecule has 3 aromatic rings. The van der Waals surface area contributed by atoms with Gasteiger partial charge in [0.25, 0.3) is 0 Å². The quantitative estimate of drug-likeness (QED) is 0.579. The summed E-state index contributed by atoms with van der Waals surface area (Å²) >= 11 is 1.49. The highest BCUT2D eigenvalue weighted by Gasteiger charge is 2.36. The summed E-state index contributed by atoms with van der Waals surface area (Å²) in [6.45, 7) is 0.559. The van der Waals surface area contributed by atoms with Gasteiger partial charge in [-0.2, -0.15) is 0 Å². The molecule has 1 aliphatic heterocycles. The van der Waals surface area contributed by atoms with Crippen LogP contribution in [-0.4, -0.2) is 32.5 Å². The number of aromatic nitrogens is 3. The summed E-state index contributed by atoms with van der Waals surface area (Å²) in [5, 5.41) is 2.87. The Kier molecular flexibility index (Phi) is 4.01. The van der Waals surface area contributed by atoms with Crippen LogP contribution in [0.25, 0.3) is 11.0 Å². The number of nitrogens with zero attached hydrogens (tertiary/aromatic N) is 3. The van der Waals surface area contributed by atoms with Crippen molar-refractivity contribution >= 4 is 40.2 Å². The zero-order chi connectivity index (χ0) is 17.4. The van der Waals surface area contributed by atoms with Crippen molar-refractivity contribution in [2.24, 2.45) is 0 Å². The molecular weight excluding hydrogens is 336 g/mol. The van der Waals surface area contributed by atoms with E-state index < -0.39 is 5.92 Å². The van der Waals surface area contributed by atoms with Crippen LogP contribution in [0.4, 0.5) is 5.69 Å². The highest BCUT2D eigenvalue weighted by Crippen LogP contribution is 2.31. The minimum absolute atomic E-state index is 0.0972. The molecule has 1 N–H and O–H groups in total. The highest BCUT2D eigenvalue weighted by atomic mass is 32.2. The topological polar surface area (TPSA) is 76.9 Å². The van der Waals surface area contributed by atoms with Gasteiger partial charge in [0.05, 0.1) is 16.7 Å². The number of imidazole rings is 1. The minimum atomic E-state index is -0.885. The number of hydrogen-bond donors (Lipinski definition) is 1. The molecule has 25 heavy (non-hydrogen) atoms. The predicted molar refractivity (Wildman–Crippen MR) is 96.7 cm³/mol. The van der Waals surface area contributed by atoms with Crippen molar-refractivity contribution in [3.05, 3.63) is 48.5 Å². The molecule has 1 unspecified atom stereocenters. The third-order valence-corrected chi connectivity index (χ3v) is 5.14. The highest BCUT2D eigenvalue weighted by molar-refractivity contribution is 7.98. The van der Waals surface area contributed by atoms with Gasteiger partial charge in [0, 0.05) is 30.3 Å². The van der Waals surface area contributed by atoms with E-state index >= 15 is 0 Å². The van der Waals surface area contributed by atoms with E-state index in [-0.39, 0.29) is 11.7 Å². The van der Waals surface area contributed by atoms with Gasteiger partial charge in [-0.15, -0.1) is 11.8 Å². The number of thioether (sulfide) groups is 1. The van der Waals surface area contributed by atoms with E-state index in [1.165, 1.54) is 11.8 Å². The first kappa shape index (κ1) is 15.8. The maximum Gasteiger partial charge on any atom is 0.242 e. The number of hydrogen-bond acceptors (Lipinski definition) is 5. The molecule has 1 aliphatic rings. The second kappa shape index (κ2) is 6.33. The summed E-state index contributed by atoms with van der Waals surface area (Å²) in [5.41, 5.74) is 2.42. The molecule has 0 fully saturated rings. The molecule has 0 saturated heterocycles. The number of carbonyl (C=O) groups is 2. The van der Waals surface area contributed by atoms with Crippen molar-refractivity contribution in [3.8, 4) is 0 Å². The van der Waals surface area contributed by atoms with Gasteiger partial charge in [0.1, 0.15) is 5.82 Å². The zero-order valence-electron chi connectivity index (χ0n) is 13.6. The predicted octanol–water partition coefficient (Wildman–Crippen LogP) is 2.85. The number of nitrogens with one attached hydrogen (secondary N) is 1. The lowest BCUT2D eigenvalue weighted by molar-refractivity contribution is -0.128. The monoisotopic (exact) mass is 352 g/mol. The van der Waals surface area contributed by atoms with E-state index in [2.05, 4.69) is 15.3 Å². The van der Waals surface area contributed by atoms with E-state index in [1.807, 2.05) is 35.1 Å². The third kappa shape index (κ3) is 2.70. The zero-order valence-corrected chi connectivity index (χ0v) is 14.4. The number of rotatable bonds is 3. The van der Waals surface area contributed by atoms with Gasteiger partial charge in [-0.05, 0) is 24.5 Å². The second-order valence-corrected chi connectivity index (χ2v) is 6.67. The van der Waals surface area contributed by atoms with Crippen LogP contribution in [-0.2, 0) is 16.1 Å². The van der Waals surface area contributed by atoms with Gasteiger partial charge in [0.15, 0.2) is 11.7 Å². The molecule has 0 bridgehead atoms. The number of benzene rings is 1. The molecule has 126 valence electrons. The Morgan fingerprint density at radius 1 is 1.32 bits per heavy atom. The van der Waals surface area contributed by atoms with Crippen LogP contribution in [0.1, 0.15) is 18.2 Å². The Hall–Kier alpha value is -2.67. The lowest BCUT2D eigenvalue weighted by Crippen LogP contribution is -2.34. The van der Waals surface area contributed by atoms with Gasteiger partial charge in [-0.25, -0.2) is 4.98 Å². The van der Waals surface area contributed by atoms with Crippen molar-refractivity contribution in [1.29, 1.82) is 0 Å². The van der Waals surface area contributed by atoms with Crippen molar-refractivity contribution in [2.75, 3.05) is 11.6 Å². The van der Waals surface area contributed by atoms with Crippen molar-refractivity contribution < 1.29 is 9.59 Å². The Balaban J connectivity index is 1.73. The maximum atomic E-state index is 12.9. The Morgan fingerprint density at radius 3 is 3.00 bits per heavy atom. The molecule has 0 spiro atoms. The number of anilines is 1. The molecule has 2 aromatic heterocycles. The summed E-state index contributed by atoms with van der Waals surface area (Å²) in [6, 6.07) is 9.44. The van der Waals surface area contributed by atoms with Gasteiger partial charge < -0.3 is 9.88 Å². The SMILES string of the molecule is CSc1cnccc1NC(=O)C1C(=O)CCn2c1nc1ccccc12. The van der Waals surface area contributed by atoms with Crippen LogP contribution in [0.3, 0.4) is 0 Å². The number of fused-ring (bicyclic) bond motifs is 3. The molecule has 0 radical (unpaired) electrons. The Labute approximate surface area is 148 Å². The number of aryl methyl sites for hydroxylation is 1. The Morgan fingerprint density at radius 2 is 2.16 bits per heavy atom. The number of pyridine rings is 1. The fraction of sp³-hybridized carbons (Fsp3) is 0.222. The fourth-order valence-electron chi connectivity index (χ4n) is 3.17. The third-order valence-electron chi connectivity index (χ3n) is 4.37. The van der Waals surface area contributed by atoms with Gasteiger partial charge in [0.2, 0.25) is 5.91 Å². The number of amides is 1. The van der Waals surface area contributed by atoms with Gasteiger partial charge in [-0.1, -0.05) is 12.1 Å². The smallest absolute Gasteiger partial charge is 0.242 e. The number of ketones is 1. The van der Waals surface area contributed by atoms with E-state index in [1.54, 1.807) is 18.5 Å². The molecule has 0 saturated carbocycles. The summed E-state index contributed by atoms with van der Waals surface area (Å²) in [6.07, 6.45) is 5.56. The molecule has 0 aliphatic carbocycles. The van der Waals surface area contributed by atoms with Gasteiger partial charge >= 0.3 is 0 Å². The van der Waals surface area contributed by atoms with Crippen LogP contribution in [0.2, 0.25) is 0 Å². The average molecular weight is 352 g/mol. The van der Waals surface area contributed by atoms with Crippen LogP contribution in [0, 0.1) is 0 Å². The largest absolute Gasteiger partial charge is 0.326 e. The number of para-hydroxylation sites is 2. The van der Waals surface area contributed by atoms with E-state index in [0.717, 1.165) is 15.9 Å². The first-order valence-corrected chi connectivity index (χ1v) is 9.18. The lowest BCUT2D eigenvalue weighted by atomic mass is 9.96. The molecule has 1 amide bonds. The average Bonchev–Trinajstić information content (AvgIpc) is 3.00. The fourth-order valence-corrected chi connectivity index (χ4v) is 3.68. The van der Waals surface area contributed by atoms with Crippen LogP contribution in [0.15, 0.2) is 47.6 Å². The molecule has 4 rings (SSSR count). The lowest BCUT2D eigenvalue weighted by Gasteiger charge is -2.22. The van der Waals surface area contributed by atoms with Crippen LogP contribution in [0.5, 0.6) is 0 Å². The summed E-state index contributed by atoms with van der Waals surface area (Å²) in [7, 11) is 0. The van der Waals surface area contributed by atoms with E-state index in [9.17, 15) is 9.59 Å². The normalized spacial score (nSPS) is 16.7. The van der Waals surface area contributed by atoms with E-state index in [0.29, 0.717) is 24.5 Å². The molecule has 7 heteroatoms. The molecule has 1 aromatic carbocycles. The summed E-state index contributed by atoms with van der Waals surface area (Å²) < 4.78 is 1.98. The maximum absolute atomic E-state index is 12.9. The number of carbonyl (C=O) groups excluding carboxylic acids is 2. The van der Waals surface area contributed by atoms with Crippen LogP contribution < -0.4 is 5.32 Å². The molecule has 3 heterocycles. The second-order valence-electron chi connectivity index (χ2n) is 5.82. The molecule has 1 atom stereocenters. The first-order chi connectivity index (χ1) is 12.2. The number of Topliss-reactive ketones (excluding diaryl/α,β-unsaturated/α-hetero) is 1. The summed E-state index contributed by atoms with van der Waals surface area (Å²) in [5.74, 6) is -0.804. The first-order valence-electron chi connectivity index (χ1n) is 7.96. The van der Waals surface area contributed by atoms with E-state index in [4.69, 9.17) is 0 Å². The summed E-state index contributed by atoms with van der Waals surface area (Å²) in [4.78, 5) is 34.8. The van der Waals surface area contributed by atoms with Gasteiger partial charge in [-0.3, -0.25) is 14.6 Å². The molecular formula is C18H16N4O2S. The van der Waals surface area contributed by atoms with Crippen molar-refractivity contribution in [2.45, 2.75) is 23.8 Å². The Bertz CT molecular complexity index is 982. The van der Waals surface area contributed by atoms with Crippen LogP contribution >= 0.6 is 11.8 Å². The standard InChI is InChI=1S/C18H16N4O2S/c1-25-15-10-19-8-6-12(15)21-18(24)16-14(23)7-9-22-13-5-3-2-4-11(13)20-17(16)22/h2-6,8,10,16H,7,9H2,1H3,(H,19,21,24). The van der Waals surface area contributed by atoms with Crippen molar-refractivity contribution in [3.63, 3.8) is 0 Å².